The lowest BCUT2D eigenvalue weighted by molar-refractivity contribution is -0.115. The summed E-state index contributed by atoms with van der Waals surface area (Å²) in [7, 11) is 1.54. The molecule has 0 fully saturated rings. The van der Waals surface area contributed by atoms with Gasteiger partial charge < -0.3 is 10.5 Å². The maximum atomic E-state index is 13.1. The minimum absolute atomic E-state index is 0.0253. The Kier molecular flexibility index (Phi) is 5.28. The number of aromatic nitrogens is 2. The first-order valence-corrected chi connectivity index (χ1v) is 9.34. The molecule has 0 aliphatic heterocycles. The van der Waals surface area contributed by atoms with Crippen LogP contribution in [0.4, 0.5) is 0 Å². The van der Waals surface area contributed by atoms with E-state index in [4.69, 9.17) is 10.5 Å². The Morgan fingerprint density at radius 1 is 1.32 bits per heavy atom. The molecule has 0 unspecified atom stereocenters. The zero-order chi connectivity index (χ0) is 18.0. The summed E-state index contributed by atoms with van der Waals surface area (Å²) < 4.78 is 7.78. The lowest BCUT2D eigenvalue weighted by Gasteiger charge is -2.15. The number of carbonyl (C=O) groups is 1. The van der Waals surface area contributed by atoms with Crippen molar-refractivity contribution in [1.29, 1.82) is 0 Å². The van der Waals surface area contributed by atoms with Crippen LogP contribution in [-0.4, -0.2) is 28.3 Å². The molecule has 1 amide bonds. The molecule has 2 aromatic carbocycles. The number of primary amides is 1. The van der Waals surface area contributed by atoms with E-state index in [-0.39, 0.29) is 11.3 Å². The zero-order valence-corrected chi connectivity index (χ0v) is 16.2. The van der Waals surface area contributed by atoms with E-state index in [1.807, 2.05) is 18.2 Å². The zero-order valence-electron chi connectivity index (χ0n) is 13.2. The SMILES string of the molecule is COc1ccccc1-n1c(SCC(N)=O)nc2ccc(I)cc2c1=O. The number of nitrogens with zero attached hydrogens (tertiary/aromatic N) is 2. The third-order valence-corrected chi connectivity index (χ3v) is 5.10. The molecule has 6 nitrogen and oxygen atoms in total. The number of halogens is 1. The number of rotatable bonds is 5. The number of carbonyl (C=O) groups excluding carboxylic acids is 1. The minimum Gasteiger partial charge on any atom is -0.495 e. The van der Waals surface area contributed by atoms with Gasteiger partial charge in [-0.1, -0.05) is 23.9 Å². The Bertz CT molecular complexity index is 1020. The van der Waals surface area contributed by atoms with Crippen molar-refractivity contribution in [2.24, 2.45) is 5.73 Å². The fourth-order valence-electron chi connectivity index (χ4n) is 2.40. The van der Waals surface area contributed by atoms with E-state index >= 15 is 0 Å². The third-order valence-electron chi connectivity index (χ3n) is 3.47. The maximum Gasteiger partial charge on any atom is 0.266 e. The number of methoxy groups -OCH3 is 1. The Balaban J connectivity index is 2.33. The molecule has 0 aliphatic rings. The van der Waals surface area contributed by atoms with Gasteiger partial charge in [0.2, 0.25) is 5.91 Å². The van der Waals surface area contributed by atoms with E-state index in [1.165, 1.54) is 11.7 Å². The topological polar surface area (TPSA) is 87.2 Å². The van der Waals surface area contributed by atoms with Crippen molar-refractivity contribution in [2.45, 2.75) is 5.16 Å². The van der Waals surface area contributed by atoms with E-state index < -0.39 is 5.91 Å². The number of hydrogen-bond acceptors (Lipinski definition) is 5. The van der Waals surface area contributed by atoms with E-state index in [0.29, 0.717) is 27.5 Å². The van der Waals surface area contributed by atoms with Gasteiger partial charge in [-0.05, 0) is 52.9 Å². The largest absolute Gasteiger partial charge is 0.495 e. The molecule has 0 saturated carbocycles. The number of fused-ring (bicyclic) bond motifs is 1. The molecule has 3 rings (SSSR count). The second-order valence-corrected chi connectivity index (χ2v) is 7.31. The van der Waals surface area contributed by atoms with Gasteiger partial charge in [-0.15, -0.1) is 0 Å². The van der Waals surface area contributed by atoms with Gasteiger partial charge in [-0.3, -0.25) is 14.2 Å². The highest BCUT2D eigenvalue weighted by Crippen LogP contribution is 2.27. The highest BCUT2D eigenvalue weighted by Gasteiger charge is 2.17. The third kappa shape index (κ3) is 3.64. The van der Waals surface area contributed by atoms with Crippen LogP contribution in [-0.2, 0) is 4.79 Å². The van der Waals surface area contributed by atoms with Crippen LogP contribution in [0.25, 0.3) is 16.6 Å². The summed E-state index contributed by atoms with van der Waals surface area (Å²) in [6.07, 6.45) is 0. The fraction of sp³-hybridized carbons (Fsp3) is 0.118. The van der Waals surface area contributed by atoms with Gasteiger partial charge in [0.1, 0.15) is 5.75 Å². The van der Waals surface area contributed by atoms with Crippen LogP contribution in [0.5, 0.6) is 5.75 Å². The van der Waals surface area contributed by atoms with Gasteiger partial charge in [0.25, 0.3) is 5.56 Å². The molecule has 0 spiro atoms. The predicted molar refractivity (Wildman–Crippen MR) is 107 cm³/mol. The molecule has 1 heterocycles. The minimum atomic E-state index is -0.478. The normalized spacial score (nSPS) is 10.8. The lowest BCUT2D eigenvalue weighted by Crippen LogP contribution is -2.23. The molecule has 0 saturated heterocycles. The number of thioether (sulfide) groups is 1. The van der Waals surface area contributed by atoms with Crippen LogP contribution in [0.2, 0.25) is 0 Å². The average molecular weight is 467 g/mol. The van der Waals surface area contributed by atoms with Crippen molar-refractivity contribution in [3.63, 3.8) is 0 Å². The van der Waals surface area contributed by atoms with Crippen molar-refractivity contribution in [1.82, 2.24) is 9.55 Å². The van der Waals surface area contributed by atoms with Crippen LogP contribution in [0, 0.1) is 3.57 Å². The number of hydrogen-bond donors (Lipinski definition) is 1. The summed E-state index contributed by atoms with van der Waals surface area (Å²) in [4.78, 5) is 28.9. The first-order chi connectivity index (χ1) is 12.0. The Labute approximate surface area is 161 Å². The van der Waals surface area contributed by atoms with Crippen LogP contribution < -0.4 is 16.0 Å². The van der Waals surface area contributed by atoms with Gasteiger partial charge in [-0.2, -0.15) is 0 Å². The van der Waals surface area contributed by atoms with Crippen molar-refractivity contribution < 1.29 is 9.53 Å². The Morgan fingerprint density at radius 2 is 2.08 bits per heavy atom. The molecular weight excluding hydrogens is 453 g/mol. The monoisotopic (exact) mass is 467 g/mol. The number of benzene rings is 2. The molecule has 8 heteroatoms. The van der Waals surface area contributed by atoms with E-state index in [1.54, 1.807) is 24.3 Å². The van der Waals surface area contributed by atoms with Gasteiger partial charge in [0.05, 0.1) is 29.5 Å². The molecule has 0 atom stereocenters. The van der Waals surface area contributed by atoms with Crippen LogP contribution in [0.1, 0.15) is 0 Å². The second kappa shape index (κ2) is 7.44. The summed E-state index contributed by atoms with van der Waals surface area (Å²) in [5, 5.41) is 0.892. The molecule has 0 bridgehead atoms. The summed E-state index contributed by atoms with van der Waals surface area (Å²) in [5.74, 6) is 0.0862. The first-order valence-electron chi connectivity index (χ1n) is 7.28. The summed E-state index contributed by atoms with van der Waals surface area (Å²) in [6, 6.07) is 12.6. The van der Waals surface area contributed by atoms with E-state index in [2.05, 4.69) is 27.6 Å². The van der Waals surface area contributed by atoms with Crippen molar-refractivity contribution in [2.75, 3.05) is 12.9 Å². The van der Waals surface area contributed by atoms with Crippen LogP contribution in [0.3, 0.4) is 0 Å². The average Bonchev–Trinajstić information content (AvgIpc) is 2.60. The summed E-state index contributed by atoms with van der Waals surface area (Å²) in [6.45, 7) is 0. The lowest BCUT2D eigenvalue weighted by atomic mass is 10.2. The van der Waals surface area contributed by atoms with Gasteiger partial charge in [0, 0.05) is 3.57 Å². The molecule has 1 aromatic heterocycles. The standard InChI is InChI=1S/C17H14IN3O3S/c1-24-14-5-3-2-4-13(14)21-16(23)11-8-10(18)6-7-12(11)20-17(21)25-9-15(19)22/h2-8H,9H2,1H3,(H2,19,22). The molecule has 25 heavy (non-hydrogen) atoms. The summed E-state index contributed by atoms with van der Waals surface area (Å²) >= 11 is 3.27. The van der Waals surface area contributed by atoms with Gasteiger partial charge in [0.15, 0.2) is 5.16 Å². The number of para-hydroxylation sites is 2. The molecule has 3 aromatic rings. The number of ether oxygens (including phenoxy) is 1. The second-order valence-electron chi connectivity index (χ2n) is 5.12. The molecular formula is C17H14IN3O3S. The molecule has 0 aliphatic carbocycles. The highest BCUT2D eigenvalue weighted by atomic mass is 127. The molecule has 0 radical (unpaired) electrons. The highest BCUT2D eigenvalue weighted by molar-refractivity contribution is 14.1. The van der Waals surface area contributed by atoms with Crippen LogP contribution >= 0.6 is 34.4 Å². The Morgan fingerprint density at radius 3 is 2.80 bits per heavy atom. The quantitative estimate of drug-likeness (QED) is 0.354. The number of amides is 1. The van der Waals surface area contributed by atoms with Crippen molar-refractivity contribution >= 4 is 51.2 Å². The number of nitrogens with two attached hydrogens (primary N) is 1. The van der Waals surface area contributed by atoms with Crippen molar-refractivity contribution in [3.05, 3.63) is 56.4 Å². The molecule has 128 valence electrons. The van der Waals surface area contributed by atoms with Crippen LogP contribution in [0.15, 0.2) is 52.4 Å². The van der Waals surface area contributed by atoms with Gasteiger partial charge >= 0.3 is 0 Å². The summed E-state index contributed by atoms with van der Waals surface area (Å²) in [5.41, 5.74) is 6.17. The fourth-order valence-corrected chi connectivity index (χ4v) is 3.63. The smallest absolute Gasteiger partial charge is 0.266 e. The maximum absolute atomic E-state index is 13.1. The first kappa shape index (κ1) is 17.7. The van der Waals surface area contributed by atoms with Gasteiger partial charge in [-0.25, -0.2) is 4.98 Å². The molecule has 2 N–H and O–H groups in total. The van der Waals surface area contributed by atoms with E-state index in [9.17, 15) is 9.59 Å². The Hall–Kier alpha value is -2.07. The predicted octanol–water partition coefficient (Wildman–Crippen LogP) is 2.58. The van der Waals surface area contributed by atoms with E-state index in [0.717, 1.165) is 15.3 Å². The van der Waals surface area contributed by atoms with Crippen molar-refractivity contribution in [3.8, 4) is 11.4 Å².